The van der Waals surface area contributed by atoms with Crippen LogP contribution in [0.25, 0.3) is 17.0 Å². The second-order valence-electron chi connectivity index (χ2n) is 3.76. The molecule has 1 atom stereocenters. The predicted molar refractivity (Wildman–Crippen MR) is 62.4 cm³/mol. The second-order valence-corrected chi connectivity index (χ2v) is 3.76. The fourth-order valence-corrected chi connectivity index (χ4v) is 2.04. The zero-order valence-electron chi connectivity index (χ0n) is 8.70. The van der Waals surface area contributed by atoms with Crippen molar-refractivity contribution in [1.29, 1.82) is 5.26 Å². The molecule has 17 heavy (non-hydrogen) atoms. The van der Waals surface area contributed by atoms with Crippen molar-refractivity contribution < 1.29 is 0 Å². The highest BCUT2D eigenvalue weighted by Crippen LogP contribution is 2.13. The van der Waals surface area contributed by atoms with Crippen molar-refractivity contribution >= 4 is 17.0 Å². The highest BCUT2D eigenvalue weighted by molar-refractivity contribution is 5.80. The van der Waals surface area contributed by atoms with Crippen LogP contribution in [0.15, 0.2) is 39.9 Å². The predicted octanol–water partition coefficient (Wildman–Crippen LogP) is 0.712. The van der Waals surface area contributed by atoms with Crippen LogP contribution in [0.1, 0.15) is 6.04 Å². The smallest absolute Gasteiger partial charge is 0.267 e. The molecule has 3 rings (SSSR count). The van der Waals surface area contributed by atoms with Gasteiger partial charge in [-0.2, -0.15) is 5.26 Å². The summed E-state index contributed by atoms with van der Waals surface area (Å²) in [5, 5.41) is 9.64. The van der Waals surface area contributed by atoms with Crippen LogP contribution in [0, 0.1) is 11.3 Å². The quantitative estimate of drug-likeness (QED) is 0.663. The van der Waals surface area contributed by atoms with Crippen LogP contribution < -0.4 is 11.1 Å². The number of fused-ring (bicyclic) bond motifs is 2. The first kappa shape index (κ1) is 9.60. The molecular formula is C12H7N3O2. The summed E-state index contributed by atoms with van der Waals surface area (Å²) < 4.78 is 2.36. The number of hydrogen-bond acceptors (Lipinski definition) is 3. The highest BCUT2D eigenvalue weighted by Gasteiger charge is 2.20. The molecule has 1 unspecified atom stereocenters. The van der Waals surface area contributed by atoms with E-state index in [9.17, 15) is 9.59 Å². The molecule has 0 fully saturated rings. The van der Waals surface area contributed by atoms with Crippen LogP contribution in [-0.2, 0) is 0 Å². The van der Waals surface area contributed by atoms with Gasteiger partial charge >= 0.3 is 0 Å². The van der Waals surface area contributed by atoms with E-state index in [0.717, 1.165) is 0 Å². The van der Waals surface area contributed by atoms with Gasteiger partial charge in [-0.25, -0.2) is 9.36 Å². The van der Waals surface area contributed by atoms with Gasteiger partial charge < -0.3 is 0 Å². The molecule has 0 radical (unpaired) electrons. The summed E-state index contributed by atoms with van der Waals surface area (Å²) in [6.45, 7) is 0. The summed E-state index contributed by atoms with van der Waals surface area (Å²) in [5.74, 6) is 0. The lowest BCUT2D eigenvalue weighted by Crippen LogP contribution is -2.35. The van der Waals surface area contributed by atoms with E-state index in [1.807, 2.05) is 6.07 Å². The fraction of sp³-hybridized carbons (Fsp3) is 0.0833. The molecule has 2 heterocycles. The maximum absolute atomic E-state index is 12.2. The van der Waals surface area contributed by atoms with Crippen molar-refractivity contribution in [2.24, 2.45) is 0 Å². The standard InChI is InChI=1S/C12H7N3O2/c13-7-8-5-6-14-11(16)9-3-1-2-4-10(9)12(17)15(8)14/h1-6,8H. The van der Waals surface area contributed by atoms with Gasteiger partial charge in [-0.3, -0.25) is 9.59 Å². The van der Waals surface area contributed by atoms with Gasteiger partial charge in [0.1, 0.15) is 0 Å². The lowest BCUT2D eigenvalue weighted by atomic mass is 10.2. The number of nitriles is 1. The van der Waals surface area contributed by atoms with Gasteiger partial charge in [0.15, 0.2) is 6.04 Å². The molecule has 1 aliphatic heterocycles. The number of aromatic nitrogens is 2. The van der Waals surface area contributed by atoms with Gasteiger partial charge in [0, 0.05) is 6.20 Å². The van der Waals surface area contributed by atoms with Crippen LogP contribution in [0.4, 0.5) is 0 Å². The Bertz CT molecular complexity index is 805. The number of allylic oxidation sites excluding steroid dienone is 1. The minimum Gasteiger partial charge on any atom is -0.267 e. The summed E-state index contributed by atoms with van der Waals surface area (Å²) in [7, 11) is 0. The average molecular weight is 225 g/mol. The molecule has 1 aromatic carbocycles. The van der Waals surface area contributed by atoms with E-state index in [2.05, 4.69) is 0 Å². The number of nitrogens with zero attached hydrogens (tertiary/aromatic N) is 3. The van der Waals surface area contributed by atoms with E-state index in [0.29, 0.717) is 10.8 Å². The summed E-state index contributed by atoms with van der Waals surface area (Å²) >= 11 is 0. The lowest BCUT2D eigenvalue weighted by molar-refractivity contribution is 0.570. The summed E-state index contributed by atoms with van der Waals surface area (Å²) in [6, 6.07) is 7.88. The first-order valence-corrected chi connectivity index (χ1v) is 5.08. The molecule has 0 amide bonds. The van der Waals surface area contributed by atoms with Crippen LogP contribution in [-0.4, -0.2) is 9.36 Å². The Balaban J connectivity index is 2.59. The van der Waals surface area contributed by atoms with Crippen LogP contribution in [0.3, 0.4) is 0 Å². The molecule has 1 aromatic heterocycles. The van der Waals surface area contributed by atoms with E-state index in [4.69, 9.17) is 5.26 Å². The zero-order valence-corrected chi connectivity index (χ0v) is 8.70. The Morgan fingerprint density at radius 1 is 1.12 bits per heavy atom. The van der Waals surface area contributed by atoms with Gasteiger partial charge in [0.25, 0.3) is 11.1 Å². The maximum atomic E-state index is 12.2. The monoisotopic (exact) mass is 225 g/mol. The summed E-state index contributed by atoms with van der Waals surface area (Å²) in [6.07, 6.45) is 2.99. The van der Waals surface area contributed by atoms with E-state index < -0.39 is 6.04 Å². The molecule has 0 saturated carbocycles. The van der Waals surface area contributed by atoms with Crippen molar-refractivity contribution in [1.82, 2.24) is 9.36 Å². The Labute approximate surface area is 95.4 Å². The number of hydrogen-bond donors (Lipinski definition) is 0. The SMILES string of the molecule is N#CC1C=Cn2c(=O)c3ccccc3c(=O)n21. The third-order valence-corrected chi connectivity index (χ3v) is 2.84. The molecule has 0 saturated heterocycles. The van der Waals surface area contributed by atoms with Gasteiger partial charge in [-0.05, 0) is 18.2 Å². The Kier molecular flexibility index (Phi) is 1.80. The molecule has 0 N–H and O–H groups in total. The van der Waals surface area contributed by atoms with Crippen molar-refractivity contribution in [3.05, 3.63) is 51.0 Å². The van der Waals surface area contributed by atoms with Gasteiger partial charge in [0.2, 0.25) is 0 Å². The molecule has 82 valence electrons. The highest BCUT2D eigenvalue weighted by atomic mass is 16.2. The van der Waals surface area contributed by atoms with Crippen molar-refractivity contribution in [2.45, 2.75) is 6.04 Å². The number of benzene rings is 1. The third-order valence-electron chi connectivity index (χ3n) is 2.84. The lowest BCUT2D eigenvalue weighted by Gasteiger charge is -2.09. The minimum atomic E-state index is -0.709. The zero-order chi connectivity index (χ0) is 12.0. The molecular weight excluding hydrogens is 218 g/mol. The van der Waals surface area contributed by atoms with Crippen molar-refractivity contribution in [3.8, 4) is 6.07 Å². The molecule has 0 aliphatic carbocycles. The van der Waals surface area contributed by atoms with E-state index in [1.165, 1.54) is 21.6 Å². The molecule has 1 aliphatic rings. The molecule has 0 spiro atoms. The molecule has 5 nitrogen and oxygen atoms in total. The topological polar surface area (TPSA) is 67.8 Å². The van der Waals surface area contributed by atoms with E-state index in [1.54, 1.807) is 24.3 Å². The first-order valence-electron chi connectivity index (χ1n) is 5.08. The normalized spacial score (nSPS) is 17.0. The maximum Gasteiger partial charge on any atom is 0.277 e. The summed E-state index contributed by atoms with van der Waals surface area (Å²) in [4.78, 5) is 24.2. The van der Waals surface area contributed by atoms with Crippen LogP contribution in [0.5, 0.6) is 0 Å². The summed E-state index contributed by atoms with van der Waals surface area (Å²) in [5.41, 5.74) is -0.606. The van der Waals surface area contributed by atoms with Crippen LogP contribution in [0.2, 0.25) is 0 Å². The van der Waals surface area contributed by atoms with E-state index in [-0.39, 0.29) is 11.1 Å². The largest absolute Gasteiger partial charge is 0.277 e. The van der Waals surface area contributed by atoms with Gasteiger partial charge in [-0.1, -0.05) is 12.1 Å². The minimum absolute atomic E-state index is 0.283. The number of rotatable bonds is 0. The fourth-order valence-electron chi connectivity index (χ4n) is 2.04. The Morgan fingerprint density at radius 2 is 1.76 bits per heavy atom. The third kappa shape index (κ3) is 1.12. The Morgan fingerprint density at radius 3 is 2.41 bits per heavy atom. The second kappa shape index (κ2) is 3.19. The first-order chi connectivity index (χ1) is 8.24. The molecule has 2 aromatic rings. The van der Waals surface area contributed by atoms with Crippen LogP contribution >= 0.6 is 0 Å². The van der Waals surface area contributed by atoms with E-state index >= 15 is 0 Å². The average Bonchev–Trinajstić information content (AvgIpc) is 2.80. The molecule has 0 bridgehead atoms. The Hall–Kier alpha value is -2.61. The van der Waals surface area contributed by atoms with Crippen molar-refractivity contribution in [2.75, 3.05) is 0 Å². The van der Waals surface area contributed by atoms with Gasteiger partial charge in [0.05, 0.1) is 16.8 Å². The molecule has 5 heteroatoms. The van der Waals surface area contributed by atoms with Crippen molar-refractivity contribution in [3.63, 3.8) is 0 Å². The van der Waals surface area contributed by atoms with Gasteiger partial charge in [-0.15, -0.1) is 0 Å².